The molecule has 0 spiro atoms. The molecule has 7 nitrogen and oxygen atoms in total. The summed E-state index contributed by atoms with van der Waals surface area (Å²) in [4.78, 5) is 17.3. The number of fused-ring (bicyclic) bond motifs is 1. The van der Waals surface area contributed by atoms with Gasteiger partial charge in [0.05, 0.1) is 12.2 Å². The molecule has 2 heterocycles. The number of anilines is 1. The monoisotopic (exact) mass is 360 g/mol. The molecule has 0 aromatic carbocycles. The summed E-state index contributed by atoms with van der Waals surface area (Å²) in [6.45, 7) is 6.73. The second-order valence-corrected chi connectivity index (χ2v) is 10.3. The molecule has 0 aliphatic carbocycles. The number of carbonyl (C=O) groups is 1. The van der Waals surface area contributed by atoms with Gasteiger partial charge in [-0.3, -0.25) is 4.79 Å². The minimum Gasteiger partial charge on any atom is -0.302 e. The van der Waals surface area contributed by atoms with Crippen LogP contribution in [0.4, 0.5) is 5.13 Å². The number of nitrogens with zero attached hydrogens (tertiary/aromatic N) is 3. The predicted octanol–water partition coefficient (Wildman–Crippen LogP) is 1.68. The molecule has 0 saturated heterocycles. The molecule has 1 aromatic heterocycles. The van der Waals surface area contributed by atoms with E-state index >= 15 is 0 Å². The molecular formula is C14H24N4O3S2. The van der Waals surface area contributed by atoms with Crippen molar-refractivity contribution in [1.29, 1.82) is 0 Å². The molecule has 0 bridgehead atoms. The van der Waals surface area contributed by atoms with E-state index in [1.807, 2.05) is 20.8 Å². The van der Waals surface area contributed by atoms with Crippen molar-refractivity contribution in [2.75, 3.05) is 26.0 Å². The van der Waals surface area contributed by atoms with E-state index in [-0.39, 0.29) is 11.3 Å². The summed E-state index contributed by atoms with van der Waals surface area (Å²) in [5.41, 5.74) is 0.795. The molecule has 1 aliphatic heterocycles. The van der Waals surface area contributed by atoms with Gasteiger partial charge in [0.2, 0.25) is 5.91 Å². The van der Waals surface area contributed by atoms with E-state index in [0.717, 1.165) is 10.6 Å². The molecule has 0 atom stereocenters. The number of hydrogen-bond acceptors (Lipinski definition) is 5. The minimum atomic E-state index is -3.42. The Labute approximate surface area is 141 Å². The first kappa shape index (κ1) is 18.3. The maximum absolute atomic E-state index is 12.2. The van der Waals surface area contributed by atoms with Crippen molar-refractivity contribution in [2.45, 2.75) is 40.2 Å². The van der Waals surface area contributed by atoms with Crippen LogP contribution in [0.2, 0.25) is 0 Å². The Kier molecular flexibility index (Phi) is 5.15. The van der Waals surface area contributed by atoms with Crippen LogP contribution in [0.1, 0.15) is 37.8 Å². The molecule has 0 unspecified atom stereocenters. The quantitative estimate of drug-likeness (QED) is 0.886. The molecular weight excluding hydrogens is 336 g/mol. The summed E-state index contributed by atoms with van der Waals surface area (Å²) in [5.74, 6) is -0.0682. The smallest absolute Gasteiger partial charge is 0.281 e. The van der Waals surface area contributed by atoms with Crippen molar-refractivity contribution < 1.29 is 13.2 Å². The third-order valence-corrected chi connectivity index (χ3v) is 6.31. The lowest BCUT2D eigenvalue weighted by Gasteiger charge is -2.27. The van der Waals surface area contributed by atoms with Crippen molar-refractivity contribution in [2.24, 2.45) is 5.41 Å². The predicted molar refractivity (Wildman–Crippen MR) is 91.5 cm³/mol. The SMILES string of the molecule is CN(C)S(=O)(=O)N1CCc2nc(NC(=O)CC(C)(C)C)sc2C1. The lowest BCUT2D eigenvalue weighted by Crippen LogP contribution is -2.42. The molecule has 1 amide bonds. The van der Waals surface area contributed by atoms with E-state index in [9.17, 15) is 13.2 Å². The van der Waals surface area contributed by atoms with Gasteiger partial charge in [0, 0.05) is 38.4 Å². The summed E-state index contributed by atoms with van der Waals surface area (Å²) in [6.07, 6.45) is 0.979. The zero-order chi connectivity index (χ0) is 17.4. The van der Waals surface area contributed by atoms with Crippen LogP contribution in [0.3, 0.4) is 0 Å². The van der Waals surface area contributed by atoms with Crippen LogP contribution in [0.5, 0.6) is 0 Å². The van der Waals surface area contributed by atoms with Gasteiger partial charge in [-0.15, -0.1) is 11.3 Å². The fraction of sp³-hybridized carbons (Fsp3) is 0.714. The van der Waals surface area contributed by atoms with Gasteiger partial charge in [-0.1, -0.05) is 20.8 Å². The number of rotatable bonds is 4. The highest BCUT2D eigenvalue weighted by Gasteiger charge is 2.30. The van der Waals surface area contributed by atoms with Gasteiger partial charge in [-0.05, 0) is 5.41 Å². The lowest BCUT2D eigenvalue weighted by atomic mass is 9.92. The normalized spacial score (nSPS) is 16.4. The van der Waals surface area contributed by atoms with Crippen LogP contribution in [0, 0.1) is 5.41 Å². The van der Waals surface area contributed by atoms with Gasteiger partial charge < -0.3 is 5.32 Å². The third-order valence-electron chi connectivity index (χ3n) is 3.42. The van der Waals surface area contributed by atoms with Crippen LogP contribution >= 0.6 is 11.3 Å². The number of amides is 1. The standard InChI is InChI=1S/C14H24N4O3S2/c1-14(2,3)8-12(19)16-13-15-10-6-7-18(9-11(10)22-13)23(20,21)17(4)5/h6-9H2,1-5H3,(H,15,16,19). The molecule has 1 N–H and O–H groups in total. The fourth-order valence-electron chi connectivity index (χ4n) is 2.30. The molecule has 9 heteroatoms. The van der Waals surface area contributed by atoms with Crippen molar-refractivity contribution in [3.05, 3.63) is 10.6 Å². The number of aromatic nitrogens is 1. The average molecular weight is 361 g/mol. The summed E-state index contributed by atoms with van der Waals surface area (Å²) in [7, 11) is -0.375. The number of thiazole rings is 1. The summed E-state index contributed by atoms with van der Waals surface area (Å²) in [5, 5.41) is 3.37. The first-order valence-corrected chi connectivity index (χ1v) is 9.66. The van der Waals surface area contributed by atoms with E-state index in [4.69, 9.17) is 0 Å². The van der Waals surface area contributed by atoms with Gasteiger partial charge in [0.25, 0.3) is 10.2 Å². The molecule has 130 valence electrons. The van der Waals surface area contributed by atoms with E-state index in [1.54, 1.807) is 0 Å². The molecule has 23 heavy (non-hydrogen) atoms. The Hall–Kier alpha value is -1.03. The largest absolute Gasteiger partial charge is 0.302 e. The first-order valence-electron chi connectivity index (χ1n) is 7.45. The molecule has 0 fully saturated rings. The van der Waals surface area contributed by atoms with Crippen molar-refractivity contribution in [3.8, 4) is 0 Å². The van der Waals surface area contributed by atoms with Crippen molar-refractivity contribution in [1.82, 2.24) is 13.6 Å². The molecule has 2 rings (SSSR count). The second-order valence-electron chi connectivity index (χ2n) is 7.05. The van der Waals surface area contributed by atoms with Gasteiger partial charge >= 0.3 is 0 Å². The Morgan fingerprint density at radius 2 is 2.04 bits per heavy atom. The third kappa shape index (κ3) is 4.50. The number of nitrogens with one attached hydrogen (secondary N) is 1. The van der Waals surface area contributed by atoms with E-state index in [2.05, 4.69) is 10.3 Å². The second kappa shape index (κ2) is 6.46. The summed E-state index contributed by atoms with van der Waals surface area (Å²) in [6, 6.07) is 0. The van der Waals surface area contributed by atoms with Crippen LogP contribution < -0.4 is 5.32 Å². The highest BCUT2D eigenvalue weighted by atomic mass is 32.2. The Morgan fingerprint density at radius 3 is 2.61 bits per heavy atom. The van der Waals surface area contributed by atoms with Crippen LogP contribution in [-0.4, -0.2) is 48.6 Å². The zero-order valence-electron chi connectivity index (χ0n) is 14.2. The van der Waals surface area contributed by atoms with Gasteiger partial charge in [-0.25, -0.2) is 4.98 Å². The van der Waals surface area contributed by atoms with E-state index in [0.29, 0.717) is 31.1 Å². The van der Waals surface area contributed by atoms with E-state index in [1.165, 1.54) is 34.0 Å². The average Bonchev–Trinajstić information content (AvgIpc) is 2.76. The molecule has 0 saturated carbocycles. The Balaban J connectivity index is 2.09. The Morgan fingerprint density at radius 1 is 1.39 bits per heavy atom. The first-order chi connectivity index (χ1) is 10.5. The van der Waals surface area contributed by atoms with Gasteiger partial charge in [0.1, 0.15) is 0 Å². The maximum Gasteiger partial charge on any atom is 0.281 e. The summed E-state index contributed by atoms with van der Waals surface area (Å²) >= 11 is 1.35. The summed E-state index contributed by atoms with van der Waals surface area (Å²) < 4.78 is 27.1. The molecule has 0 radical (unpaired) electrons. The number of carbonyl (C=O) groups excluding carboxylic acids is 1. The van der Waals surface area contributed by atoms with Gasteiger partial charge in [0.15, 0.2) is 5.13 Å². The fourth-order valence-corrected chi connectivity index (χ4v) is 4.50. The Bertz CT molecular complexity index is 689. The highest BCUT2D eigenvalue weighted by molar-refractivity contribution is 7.86. The lowest BCUT2D eigenvalue weighted by molar-refractivity contribution is -0.117. The molecule has 1 aromatic rings. The minimum absolute atomic E-state index is 0.0682. The maximum atomic E-state index is 12.2. The van der Waals surface area contributed by atoms with Gasteiger partial charge in [-0.2, -0.15) is 17.0 Å². The van der Waals surface area contributed by atoms with Crippen LogP contribution in [-0.2, 0) is 28.0 Å². The number of hydrogen-bond donors (Lipinski definition) is 1. The van der Waals surface area contributed by atoms with Crippen LogP contribution in [0.25, 0.3) is 0 Å². The van der Waals surface area contributed by atoms with Crippen molar-refractivity contribution in [3.63, 3.8) is 0 Å². The zero-order valence-corrected chi connectivity index (χ0v) is 15.8. The van der Waals surface area contributed by atoms with Crippen LogP contribution in [0.15, 0.2) is 0 Å². The highest BCUT2D eigenvalue weighted by Crippen LogP contribution is 2.30. The van der Waals surface area contributed by atoms with E-state index < -0.39 is 10.2 Å². The molecule has 1 aliphatic rings. The van der Waals surface area contributed by atoms with Crippen molar-refractivity contribution >= 4 is 32.6 Å². The topological polar surface area (TPSA) is 82.6 Å².